The van der Waals surface area contributed by atoms with Crippen molar-refractivity contribution in [3.63, 3.8) is 0 Å². The summed E-state index contributed by atoms with van der Waals surface area (Å²) in [5.41, 5.74) is 2.00. The van der Waals surface area contributed by atoms with Gasteiger partial charge in [-0.1, -0.05) is 29.5 Å². The van der Waals surface area contributed by atoms with Crippen LogP contribution in [0, 0.1) is 6.92 Å². The second-order valence-electron chi connectivity index (χ2n) is 4.02. The van der Waals surface area contributed by atoms with Gasteiger partial charge in [0.1, 0.15) is 0 Å². The number of hydrogen-bond donors (Lipinski definition) is 1. The van der Waals surface area contributed by atoms with Crippen LogP contribution in [0.4, 0.5) is 5.69 Å². The maximum Gasteiger partial charge on any atom is 0.234 e. The highest BCUT2D eigenvalue weighted by atomic mass is 32.2. The molecule has 0 spiro atoms. The highest BCUT2D eigenvalue weighted by molar-refractivity contribution is 7.99. The van der Waals surface area contributed by atoms with Crippen LogP contribution < -0.4 is 5.32 Å². The molecule has 18 heavy (non-hydrogen) atoms. The van der Waals surface area contributed by atoms with E-state index in [9.17, 15) is 4.79 Å². The molecule has 0 saturated carbocycles. The van der Waals surface area contributed by atoms with Crippen molar-refractivity contribution < 1.29 is 4.79 Å². The Morgan fingerprint density at radius 2 is 2.11 bits per heavy atom. The van der Waals surface area contributed by atoms with Crippen molar-refractivity contribution in [3.8, 4) is 0 Å². The number of aryl methyl sites for hydroxylation is 2. The highest BCUT2D eigenvalue weighted by Gasteiger charge is 2.06. The molecule has 0 aliphatic rings. The Hall–Kier alpha value is -1.75. The van der Waals surface area contributed by atoms with Crippen molar-refractivity contribution in [1.29, 1.82) is 0 Å². The summed E-state index contributed by atoms with van der Waals surface area (Å²) in [6.07, 6.45) is 3.58. The summed E-state index contributed by atoms with van der Waals surface area (Å²) in [5.74, 6) is 0.338. The van der Waals surface area contributed by atoms with E-state index in [0.717, 1.165) is 10.8 Å². The van der Waals surface area contributed by atoms with Gasteiger partial charge in [0.2, 0.25) is 5.91 Å². The quantitative estimate of drug-likeness (QED) is 0.860. The maximum absolute atomic E-state index is 11.7. The minimum Gasteiger partial charge on any atom is -0.329 e. The number of benzene rings is 1. The molecule has 2 rings (SSSR count). The molecule has 1 heterocycles. The lowest BCUT2D eigenvalue weighted by atomic mass is 10.2. The first-order chi connectivity index (χ1) is 8.65. The van der Waals surface area contributed by atoms with Gasteiger partial charge in [0.25, 0.3) is 0 Å². The number of nitrogens with one attached hydrogen (secondary N) is 1. The van der Waals surface area contributed by atoms with Crippen LogP contribution in [0.3, 0.4) is 0 Å². The molecule has 0 fully saturated rings. The number of anilines is 1. The number of nitrogens with zero attached hydrogens (tertiary/aromatic N) is 2. The molecule has 2 aromatic rings. The van der Waals surface area contributed by atoms with E-state index in [0.29, 0.717) is 5.75 Å². The van der Waals surface area contributed by atoms with Crippen molar-refractivity contribution >= 4 is 23.4 Å². The molecule has 94 valence electrons. The standard InChI is InChI=1S/C13H15N3OS/c1-10-3-5-11(6-4-10)15-12(17)9-18-13-14-7-8-16(13)2/h3-8H,9H2,1-2H3,(H,15,17). The van der Waals surface area contributed by atoms with Crippen LogP contribution in [0.5, 0.6) is 0 Å². The first kappa shape index (κ1) is 12.7. The lowest BCUT2D eigenvalue weighted by molar-refractivity contribution is -0.113. The van der Waals surface area contributed by atoms with Gasteiger partial charge in [-0.05, 0) is 19.1 Å². The zero-order valence-corrected chi connectivity index (χ0v) is 11.2. The Bertz CT molecular complexity index is 533. The van der Waals surface area contributed by atoms with Crippen LogP contribution in [0.15, 0.2) is 41.8 Å². The Balaban J connectivity index is 1.86. The van der Waals surface area contributed by atoms with Crippen LogP contribution in [0.1, 0.15) is 5.56 Å². The molecule has 5 heteroatoms. The Morgan fingerprint density at radius 3 is 2.72 bits per heavy atom. The van der Waals surface area contributed by atoms with Crippen LogP contribution in [-0.2, 0) is 11.8 Å². The summed E-state index contributed by atoms with van der Waals surface area (Å²) in [4.78, 5) is 15.9. The van der Waals surface area contributed by atoms with Gasteiger partial charge in [-0.2, -0.15) is 0 Å². The van der Waals surface area contributed by atoms with Crippen LogP contribution in [0.2, 0.25) is 0 Å². The molecular weight excluding hydrogens is 246 g/mol. The number of imidazole rings is 1. The third-order valence-electron chi connectivity index (χ3n) is 2.44. The van der Waals surface area contributed by atoms with Crippen LogP contribution in [-0.4, -0.2) is 21.2 Å². The third-order valence-corrected chi connectivity index (χ3v) is 3.50. The fourth-order valence-electron chi connectivity index (χ4n) is 1.46. The monoisotopic (exact) mass is 261 g/mol. The fraction of sp³-hybridized carbons (Fsp3) is 0.231. The molecule has 0 atom stereocenters. The predicted octanol–water partition coefficient (Wildman–Crippen LogP) is 2.46. The fourth-order valence-corrected chi connectivity index (χ4v) is 2.19. The van der Waals surface area contributed by atoms with E-state index in [1.807, 2.05) is 49.0 Å². The number of amides is 1. The number of hydrogen-bond acceptors (Lipinski definition) is 3. The average Bonchev–Trinajstić information content (AvgIpc) is 2.75. The van der Waals surface area contributed by atoms with Crippen molar-refractivity contribution in [2.45, 2.75) is 12.1 Å². The van der Waals surface area contributed by atoms with Crippen molar-refractivity contribution in [2.24, 2.45) is 7.05 Å². The number of carbonyl (C=O) groups is 1. The normalized spacial score (nSPS) is 10.3. The van der Waals surface area contributed by atoms with Crippen molar-refractivity contribution in [2.75, 3.05) is 11.1 Å². The molecule has 0 unspecified atom stereocenters. The lowest BCUT2D eigenvalue weighted by Gasteiger charge is -2.05. The summed E-state index contributed by atoms with van der Waals surface area (Å²) in [6.45, 7) is 2.02. The number of thioether (sulfide) groups is 1. The van der Waals surface area contributed by atoms with Gasteiger partial charge in [0.05, 0.1) is 5.75 Å². The first-order valence-corrected chi connectivity index (χ1v) is 6.60. The molecule has 1 amide bonds. The molecule has 1 N–H and O–H groups in total. The van der Waals surface area contributed by atoms with Gasteiger partial charge in [0, 0.05) is 25.1 Å². The Labute approximate surface area is 110 Å². The maximum atomic E-state index is 11.7. The first-order valence-electron chi connectivity index (χ1n) is 5.62. The van der Waals surface area contributed by atoms with Gasteiger partial charge in [-0.3, -0.25) is 4.79 Å². The molecule has 0 radical (unpaired) electrons. The van der Waals surface area contributed by atoms with E-state index in [2.05, 4.69) is 10.3 Å². The largest absolute Gasteiger partial charge is 0.329 e. The van der Waals surface area contributed by atoms with Gasteiger partial charge < -0.3 is 9.88 Å². The molecule has 1 aromatic heterocycles. The number of carbonyl (C=O) groups excluding carboxylic acids is 1. The molecule has 0 saturated heterocycles. The van der Waals surface area contributed by atoms with Gasteiger partial charge in [-0.15, -0.1) is 0 Å². The van der Waals surface area contributed by atoms with Crippen LogP contribution in [0.25, 0.3) is 0 Å². The molecule has 1 aromatic carbocycles. The summed E-state index contributed by atoms with van der Waals surface area (Å²) in [6, 6.07) is 7.75. The lowest BCUT2D eigenvalue weighted by Crippen LogP contribution is -2.14. The summed E-state index contributed by atoms with van der Waals surface area (Å²) >= 11 is 1.42. The second-order valence-corrected chi connectivity index (χ2v) is 4.97. The highest BCUT2D eigenvalue weighted by Crippen LogP contribution is 2.15. The second kappa shape index (κ2) is 5.73. The molecule has 4 nitrogen and oxygen atoms in total. The number of rotatable bonds is 4. The van der Waals surface area contributed by atoms with E-state index >= 15 is 0 Å². The van der Waals surface area contributed by atoms with Gasteiger partial charge in [0.15, 0.2) is 5.16 Å². The summed E-state index contributed by atoms with van der Waals surface area (Å²) in [7, 11) is 1.91. The van der Waals surface area contributed by atoms with E-state index in [-0.39, 0.29) is 5.91 Å². The molecule has 0 bridgehead atoms. The van der Waals surface area contributed by atoms with E-state index in [1.54, 1.807) is 6.20 Å². The summed E-state index contributed by atoms with van der Waals surface area (Å²) < 4.78 is 1.89. The minimum absolute atomic E-state index is 0.0214. The minimum atomic E-state index is -0.0214. The van der Waals surface area contributed by atoms with Crippen LogP contribution >= 0.6 is 11.8 Å². The summed E-state index contributed by atoms with van der Waals surface area (Å²) in [5, 5.41) is 3.70. The zero-order chi connectivity index (χ0) is 13.0. The van der Waals surface area contributed by atoms with E-state index in [4.69, 9.17) is 0 Å². The van der Waals surface area contributed by atoms with Gasteiger partial charge in [-0.25, -0.2) is 4.98 Å². The molecule has 0 aliphatic carbocycles. The zero-order valence-electron chi connectivity index (χ0n) is 10.4. The van der Waals surface area contributed by atoms with Crippen molar-refractivity contribution in [3.05, 3.63) is 42.2 Å². The molecule has 0 aliphatic heterocycles. The average molecular weight is 261 g/mol. The molecular formula is C13H15N3OS. The Morgan fingerprint density at radius 1 is 1.39 bits per heavy atom. The topological polar surface area (TPSA) is 46.9 Å². The SMILES string of the molecule is Cc1ccc(NC(=O)CSc2nccn2C)cc1. The smallest absolute Gasteiger partial charge is 0.234 e. The van der Waals surface area contributed by atoms with Gasteiger partial charge >= 0.3 is 0 Å². The number of aromatic nitrogens is 2. The Kier molecular flexibility index (Phi) is 4.04. The van der Waals surface area contributed by atoms with E-state index in [1.165, 1.54) is 17.3 Å². The third kappa shape index (κ3) is 3.37. The van der Waals surface area contributed by atoms with Crippen molar-refractivity contribution in [1.82, 2.24) is 9.55 Å². The predicted molar refractivity (Wildman–Crippen MR) is 73.7 cm³/mol. The van der Waals surface area contributed by atoms with E-state index < -0.39 is 0 Å².